The van der Waals surface area contributed by atoms with Crippen LogP contribution in [0.15, 0.2) is 30.3 Å². The Balaban J connectivity index is 2.78. The zero-order valence-corrected chi connectivity index (χ0v) is 12.1. The van der Waals surface area contributed by atoms with Crippen molar-refractivity contribution in [2.24, 2.45) is 0 Å². The lowest BCUT2D eigenvalue weighted by Crippen LogP contribution is -2.52. The molecule has 1 rings (SSSR count). The van der Waals surface area contributed by atoms with E-state index in [1.54, 1.807) is 6.92 Å². The van der Waals surface area contributed by atoms with Crippen LogP contribution in [0.3, 0.4) is 0 Å². The Morgan fingerprint density at radius 2 is 1.95 bits per heavy atom. The molecular formula is C15H21NO4. The number of methoxy groups -OCH3 is 1. The lowest BCUT2D eigenvalue weighted by Gasteiger charge is -2.27. The van der Waals surface area contributed by atoms with Crippen molar-refractivity contribution < 1.29 is 19.4 Å². The molecule has 5 nitrogen and oxygen atoms in total. The number of carboxylic acid groups (broad SMARTS) is 1. The van der Waals surface area contributed by atoms with Crippen LogP contribution in [0.25, 0.3) is 0 Å². The minimum absolute atomic E-state index is 0.241. The molecule has 0 fully saturated rings. The number of rotatable bonds is 7. The molecule has 0 radical (unpaired) electrons. The van der Waals surface area contributed by atoms with E-state index in [1.165, 1.54) is 7.11 Å². The predicted molar refractivity (Wildman–Crippen MR) is 75.4 cm³/mol. The molecule has 0 bridgehead atoms. The molecule has 0 heterocycles. The summed E-state index contributed by atoms with van der Waals surface area (Å²) in [7, 11) is 1.44. The standard InChI is InChI=1S/C15H21NO4/c1-4-15(2,20-3)14(19)16-12(13(17)18)10-11-8-6-5-7-9-11/h5-9,12H,4,10H2,1-3H3,(H,16,19)(H,17,18)/t12-,15?/m1/s1. The summed E-state index contributed by atoms with van der Waals surface area (Å²) in [6.07, 6.45) is 0.707. The molecule has 0 spiro atoms. The third kappa shape index (κ3) is 4.06. The van der Waals surface area contributed by atoms with E-state index in [2.05, 4.69) is 5.32 Å². The first-order valence-corrected chi connectivity index (χ1v) is 6.55. The summed E-state index contributed by atoms with van der Waals surface area (Å²) >= 11 is 0. The van der Waals surface area contributed by atoms with E-state index in [0.717, 1.165) is 5.56 Å². The van der Waals surface area contributed by atoms with Gasteiger partial charge in [0.25, 0.3) is 5.91 Å². The van der Waals surface area contributed by atoms with Gasteiger partial charge in [0.2, 0.25) is 0 Å². The molecule has 5 heteroatoms. The number of carbonyl (C=O) groups is 2. The number of amides is 1. The summed E-state index contributed by atoms with van der Waals surface area (Å²) in [6, 6.07) is 8.22. The van der Waals surface area contributed by atoms with E-state index in [-0.39, 0.29) is 6.42 Å². The van der Waals surface area contributed by atoms with Gasteiger partial charge in [0.1, 0.15) is 11.6 Å². The predicted octanol–water partition coefficient (Wildman–Crippen LogP) is 1.61. The van der Waals surface area contributed by atoms with Crippen molar-refractivity contribution in [1.29, 1.82) is 0 Å². The van der Waals surface area contributed by atoms with Crippen molar-refractivity contribution in [1.82, 2.24) is 5.32 Å². The Hall–Kier alpha value is -1.88. The van der Waals surface area contributed by atoms with Gasteiger partial charge >= 0.3 is 5.97 Å². The highest BCUT2D eigenvalue weighted by Gasteiger charge is 2.34. The molecule has 0 saturated heterocycles. The zero-order chi connectivity index (χ0) is 15.2. The molecule has 0 aliphatic carbocycles. The van der Waals surface area contributed by atoms with E-state index in [9.17, 15) is 14.7 Å². The smallest absolute Gasteiger partial charge is 0.326 e. The Morgan fingerprint density at radius 1 is 1.35 bits per heavy atom. The molecule has 110 valence electrons. The molecule has 2 atom stereocenters. The lowest BCUT2D eigenvalue weighted by atomic mass is 10.00. The number of benzene rings is 1. The van der Waals surface area contributed by atoms with Gasteiger partial charge in [-0.1, -0.05) is 37.3 Å². The molecule has 0 aliphatic heterocycles. The fourth-order valence-corrected chi connectivity index (χ4v) is 1.76. The molecule has 1 amide bonds. The third-order valence-corrected chi connectivity index (χ3v) is 3.49. The number of ether oxygens (including phenoxy) is 1. The average molecular weight is 279 g/mol. The number of aliphatic carboxylic acids is 1. The van der Waals surface area contributed by atoms with Crippen LogP contribution in [0, 0.1) is 0 Å². The first-order chi connectivity index (χ1) is 9.42. The van der Waals surface area contributed by atoms with Gasteiger partial charge in [0.15, 0.2) is 0 Å². The molecule has 0 saturated carbocycles. The lowest BCUT2D eigenvalue weighted by molar-refractivity contribution is -0.148. The Bertz CT molecular complexity index is 454. The molecule has 0 aromatic heterocycles. The highest BCUT2D eigenvalue weighted by molar-refractivity contribution is 5.89. The van der Waals surface area contributed by atoms with Gasteiger partial charge in [-0.25, -0.2) is 4.79 Å². The number of carboxylic acids is 1. The van der Waals surface area contributed by atoms with Gasteiger partial charge in [0, 0.05) is 13.5 Å². The molecule has 1 aromatic carbocycles. The second kappa shape index (κ2) is 7.05. The summed E-state index contributed by atoms with van der Waals surface area (Å²) < 4.78 is 5.17. The normalized spacial score (nSPS) is 15.2. The van der Waals surface area contributed by atoms with Crippen LogP contribution < -0.4 is 5.32 Å². The first kappa shape index (κ1) is 16.2. The zero-order valence-electron chi connectivity index (χ0n) is 12.1. The maximum absolute atomic E-state index is 12.1. The molecular weight excluding hydrogens is 258 g/mol. The quantitative estimate of drug-likeness (QED) is 0.795. The fraction of sp³-hybridized carbons (Fsp3) is 0.467. The topological polar surface area (TPSA) is 75.6 Å². The SMILES string of the molecule is CCC(C)(OC)C(=O)N[C@H](Cc1ccccc1)C(=O)O. The second-order valence-corrected chi connectivity index (χ2v) is 4.84. The van der Waals surface area contributed by atoms with E-state index in [0.29, 0.717) is 6.42 Å². The fourth-order valence-electron chi connectivity index (χ4n) is 1.76. The van der Waals surface area contributed by atoms with Crippen LogP contribution in [0.5, 0.6) is 0 Å². The van der Waals surface area contributed by atoms with E-state index < -0.39 is 23.5 Å². The number of nitrogens with one attached hydrogen (secondary N) is 1. The molecule has 1 aromatic rings. The van der Waals surface area contributed by atoms with Gasteiger partial charge in [-0.05, 0) is 18.9 Å². The van der Waals surface area contributed by atoms with Gasteiger partial charge in [-0.3, -0.25) is 4.79 Å². The van der Waals surface area contributed by atoms with Crippen LogP contribution >= 0.6 is 0 Å². The Kier molecular flexibility index (Phi) is 5.70. The van der Waals surface area contributed by atoms with Gasteiger partial charge in [0.05, 0.1) is 0 Å². The highest BCUT2D eigenvalue weighted by atomic mass is 16.5. The van der Waals surface area contributed by atoms with Gasteiger partial charge < -0.3 is 15.2 Å². The number of hydrogen-bond donors (Lipinski definition) is 2. The van der Waals surface area contributed by atoms with Crippen molar-refractivity contribution in [3.05, 3.63) is 35.9 Å². The van der Waals surface area contributed by atoms with Crippen LogP contribution in [-0.4, -0.2) is 35.7 Å². The molecule has 2 N–H and O–H groups in total. The molecule has 0 aliphatic rings. The number of hydrogen-bond acceptors (Lipinski definition) is 3. The van der Waals surface area contributed by atoms with Crippen molar-refractivity contribution in [3.8, 4) is 0 Å². The second-order valence-electron chi connectivity index (χ2n) is 4.84. The van der Waals surface area contributed by atoms with Crippen molar-refractivity contribution in [3.63, 3.8) is 0 Å². The monoisotopic (exact) mass is 279 g/mol. The van der Waals surface area contributed by atoms with Crippen LogP contribution in [0.1, 0.15) is 25.8 Å². The van der Waals surface area contributed by atoms with E-state index in [4.69, 9.17) is 4.74 Å². The van der Waals surface area contributed by atoms with Crippen molar-refractivity contribution >= 4 is 11.9 Å². The maximum Gasteiger partial charge on any atom is 0.326 e. The Labute approximate surface area is 118 Å². The highest BCUT2D eigenvalue weighted by Crippen LogP contribution is 2.15. The van der Waals surface area contributed by atoms with E-state index >= 15 is 0 Å². The van der Waals surface area contributed by atoms with Gasteiger partial charge in [-0.15, -0.1) is 0 Å². The number of carbonyl (C=O) groups excluding carboxylic acids is 1. The van der Waals surface area contributed by atoms with Crippen LogP contribution in [0.4, 0.5) is 0 Å². The molecule has 1 unspecified atom stereocenters. The third-order valence-electron chi connectivity index (χ3n) is 3.49. The summed E-state index contributed by atoms with van der Waals surface area (Å²) in [5, 5.41) is 11.8. The summed E-state index contributed by atoms with van der Waals surface area (Å²) in [5.41, 5.74) is -0.152. The Morgan fingerprint density at radius 3 is 2.40 bits per heavy atom. The van der Waals surface area contributed by atoms with Crippen LogP contribution in [-0.2, 0) is 20.7 Å². The minimum Gasteiger partial charge on any atom is -0.480 e. The average Bonchev–Trinajstić information content (AvgIpc) is 2.46. The largest absolute Gasteiger partial charge is 0.480 e. The molecule has 20 heavy (non-hydrogen) atoms. The van der Waals surface area contributed by atoms with Gasteiger partial charge in [-0.2, -0.15) is 0 Å². The first-order valence-electron chi connectivity index (χ1n) is 6.55. The minimum atomic E-state index is -1.06. The summed E-state index contributed by atoms with van der Waals surface area (Å²) in [4.78, 5) is 23.4. The van der Waals surface area contributed by atoms with Crippen molar-refractivity contribution in [2.75, 3.05) is 7.11 Å². The summed E-state index contributed by atoms with van der Waals surface area (Å²) in [5.74, 6) is -1.47. The summed E-state index contributed by atoms with van der Waals surface area (Å²) in [6.45, 7) is 3.46. The van der Waals surface area contributed by atoms with Crippen molar-refractivity contribution in [2.45, 2.75) is 38.3 Å². The van der Waals surface area contributed by atoms with Crippen LogP contribution in [0.2, 0.25) is 0 Å². The van der Waals surface area contributed by atoms with E-state index in [1.807, 2.05) is 37.3 Å². The maximum atomic E-state index is 12.1.